The van der Waals surface area contributed by atoms with Gasteiger partial charge >= 0.3 is 0 Å². The third-order valence-corrected chi connectivity index (χ3v) is 3.81. The van der Waals surface area contributed by atoms with Crippen molar-refractivity contribution in [2.45, 2.75) is 6.42 Å². The van der Waals surface area contributed by atoms with Crippen LogP contribution >= 0.6 is 38.5 Å². The summed E-state index contributed by atoms with van der Waals surface area (Å²) in [5.74, 6) is 1.11. The van der Waals surface area contributed by atoms with Gasteiger partial charge in [0.15, 0.2) is 0 Å². The largest absolute Gasteiger partial charge is 0.330 e. The molecule has 1 unspecified atom stereocenters. The molecule has 1 aromatic heterocycles. The minimum atomic E-state index is 0.114. The van der Waals surface area contributed by atoms with Crippen LogP contribution < -0.4 is 10.6 Å². The second kappa shape index (κ2) is 4.97. The molecule has 2 heterocycles. The Labute approximate surface area is 116 Å². The van der Waals surface area contributed by atoms with E-state index in [0.29, 0.717) is 19.5 Å². The molecule has 1 saturated heterocycles. The van der Waals surface area contributed by atoms with E-state index in [1.165, 1.54) is 0 Å². The molecule has 1 aromatic rings. The summed E-state index contributed by atoms with van der Waals surface area (Å²) < 4.78 is 1.89. The summed E-state index contributed by atoms with van der Waals surface area (Å²) in [7, 11) is 0. The molecule has 2 N–H and O–H groups in total. The summed E-state index contributed by atoms with van der Waals surface area (Å²) in [6.07, 6.45) is 2.24. The molecular weight excluding hydrogens is 385 g/mol. The molecule has 16 heavy (non-hydrogen) atoms. The summed E-state index contributed by atoms with van der Waals surface area (Å²) in [6.45, 7) is 1.23. The number of nitrogens with zero attached hydrogens (tertiary/aromatic N) is 2. The lowest BCUT2D eigenvalue weighted by molar-refractivity contribution is -0.117. The molecule has 1 amide bonds. The molecule has 1 aliphatic heterocycles. The van der Waals surface area contributed by atoms with Crippen molar-refractivity contribution in [3.8, 4) is 0 Å². The molecule has 1 atom stereocenters. The van der Waals surface area contributed by atoms with E-state index in [4.69, 9.17) is 5.73 Å². The number of aromatic nitrogens is 1. The summed E-state index contributed by atoms with van der Waals surface area (Å²) in [6, 6.07) is 1.95. The van der Waals surface area contributed by atoms with E-state index in [-0.39, 0.29) is 11.8 Å². The molecule has 0 radical (unpaired) electrons. The quantitative estimate of drug-likeness (QED) is 0.776. The topological polar surface area (TPSA) is 59.2 Å². The van der Waals surface area contributed by atoms with Crippen LogP contribution in [0.3, 0.4) is 0 Å². The lowest BCUT2D eigenvalue weighted by atomic mass is 10.1. The van der Waals surface area contributed by atoms with E-state index in [1.54, 1.807) is 11.1 Å². The predicted octanol–water partition coefficient (Wildman–Crippen LogP) is 1.76. The van der Waals surface area contributed by atoms with Crippen LogP contribution in [-0.4, -0.2) is 24.0 Å². The van der Waals surface area contributed by atoms with Gasteiger partial charge in [0.1, 0.15) is 5.82 Å². The van der Waals surface area contributed by atoms with Crippen LogP contribution in [-0.2, 0) is 4.79 Å². The van der Waals surface area contributed by atoms with Gasteiger partial charge in [-0.3, -0.25) is 9.69 Å². The number of hydrogen-bond donors (Lipinski definition) is 1. The van der Waals surface area contributed by atoms with Gasteiger partial charge in [-0.15, -0.1) is 0 Å². The van der Waals surface area contributed by atoms with Gasteiger partial charge in [-0.1, -0.05) is 0 Å². The van der Waals surface area contributed by atoms with E-state index in [1.807, 2.05) is 6.07 Å². The Morgan fingerprint density at radius 3 is 3.00 bits per heavy atom. The second-order valence-corrected chi connectivity index (χ2v) is 5.85. The molecule has 0 bridgehead atoms. The highest BCUT2D eigenvalue weighted by Gasteiger charge is 2.31. The maximum atomic E-state index is 11.8. The molecule has 0 aliphatic carbocycles. The van der Waals surface area contributed by atoms with Crippen LogP contribution in [0.4, 0.5) is 5.82 Å². The van der Waals surface area contributed by atoms with Gasteiger partial charge in [-0.2, -0.15) is 0 Å². The first-order valence-electron chi connectivity index (χ1n) is 4.93. The van der Waals surface area contributed by atoms with Crippen molar-refractivity contribution in [3.05, 3.63) is 20.3 Å². The molecule has 6 heteroatoms. The minimum Gasteiger partial charge on any atom is -0.330 e. The van der Waals surface area contributed by atoms with Crippen molar-refractivity contribution in [1.82, 2.24) is 4.98 Å². The number of halogens is 2. The molecule has 0 aromatic carbocycles. The normalized spacial score (nSPS) is 20.6. The zero-order valence-electron chi connectivity index (χ0n) is 8.49. The SMILES string of the molecule is NCC1CC(=O)N(c2ncc(Br)cc2I)C1. The van der Waals surface area contributed by atoms with Gasteiger partial charge in [-0.05, 0) is 57.0 Å². The standard InChI is InChI=1S/C10H11BrIN3O/c11-7-2-8(12)10(14-4-7)15-5-6(3-13)1-9(15)16/h2,4,6H,1,3,5,13H2. The third-order valence-electron chi connectivity index (χ3n) is 2.58. The fourth-order valence-electron chi connectivity index (χ4n) is 1.75. The van der Waals surface area contributed by atoms with Crippen molar-refractivity contribution in [2.24, 2.45) is 11.7 Å². The lowest BCUT2D eigenvalue weighted by Crippen LogP contribution is -2.27. The highest BCUT2D eigenvalue weighted by Crippen LogP contribution is 2.28. The van der Waals surface area contributed by atoms with Gasteiger partial charge in [0, 0.05) is 23.6 Å². The molecular formula is C10H11BrIN3O. The van der Waals surface area contributed by atoms with Gasteiger partial charge < -0.3 is 5.73 Å². The number of amides is 1. The molecule has 4 nitrogen and oxygen atoms in total. The lowest BCUT2D eigenvalue weighted by Gasteiger charge is -2.16. The number of nitrogens with two attached hydrogens (primary N) is 1. The molecule has 0 saturated carbocycles. The first kappa shape index (κ1) is 12.3. The van der Waals surface area contributed by atoms with E-state index in [2.05, 4.69) is 43.5 Å². The Morgan fingerprint density at radius 1 is 1.69 bits per heavy atom. The fraction of sp³-hybridized carbons (Fsp3) is 0.400. The summed E-state index contributed by atoms with van der Waals surface area (Å²) in [4.78, 5) is 17.8. The Kier molecular flexibility index (Phi) is 3.81. The molecule has 2 rings (SSSR count). The number of carbonyl (C=O) groups is 1. The Balaban J connectivity index is 2.28. The van der Waals surface area contributed by atoms with Crippen molar-refractivity contribution in [1.29, 1.82) is 0 Å². The molecule has 0 spiro atoms. The van der Waals surface area contributed by atoms with E-state index in [0.717, 1.165) is 13.9 Å². The smallest absolute Gasteiger partial charge is 0.228 e. The number of hydrogen-bond acceptors (Lipinski definition) is 3. The Bertz CT molecular complexity index is 427. The number of anilines is 1. The minimum absolute atomic E-state index is 0.114. The monoisotopic (exact) mass is 395 g/mol. The predicted molar refractivity (Wildman–Crippen MR) is 74.2 cm³/mol. The number of rotatable bonds is 2. The van der Waals surface area contributed by atoms with Gasteiger partial charge in [0.05, 0.1) is 3.57 Å². The van der Waals surface area contributed by atoms with E-state index < -0.39 is 0 Å². The zero-order valence-corrected chi connectivity index (χ0v) is 12.2. The summed E-state index contributed by atoms with van der Waals surface area (Å²) in [5.41, 5.74) is 5.59. The third kappa shape index (κ3) is 2.38. The van der Waals surface area contributed by atoms with Crippen molar-refractivity contribution in [3.63, 3.8) is 0 Å². The van der Waals surface area contributed by atoms with Gasteiger partial charge in [-0.25, -0.2) is 4.98 Å². The van der Waals surface area contributed by atoms with Crippen molar-refractivity contribution < 1.29 is 4.79 Å². The van der Waals surface area contributed by atoms with Crippen LogP contribution in [0.25, 0.3) is 0 Å². The average Bonchev–Trinajstić information content (AvgIpc) is 2.60. The fourth-order valence-corrected chi connectivity index (χ4v) is 3.28. The average molecular weight is 396 g/mol. The Morgan fingerprint density at radius 2 is 2.44 bits per heavy atom. The highest BCUT2D eigenvalue weighted by atomic mass is 127. The van der Waals surface area contributed by atoms with Gasteiger partial charge in [0.2, 0.25) is 5.91 Å². The zero-order chi connectivity index (χ0) is 11.7. The van der Waals surface area contributed by atoms with Crippen LogP contribution in [0.5, 0.6) is 0 Å². The summed E-state index contributed by atoms with van der Waals surface area (Å²) in [5, 5.41) is 0. The number of carbonyl (C=O) groups excluding carboxylic acids is 1. The van der Waals surface area contributed by atoms with Crippen molar-refractivity contribution >= 4 is 50.2 Å². The van der Waals surface area contributed by atoms with Crippen LogP contribution in [0.1, 0.15) is 6.42 Å². The van der Waals surface area contributed by atoms with Crippen LogP contribution in [0.2, 0.25) is 0 Å². The first-order valence-corrected chi connectivity index (χ1v) is 6.80. The maximum absolute atomic E-state index is 11.8. The Hall–Kier alpha value is -0.210. The van der Waals surface area contributed by atoms with E-state index >= 15 is 0 Å². The van der Waals surface area contributed by atoms with Crippen molar-refractivity contribution in [2.75, 3.05) is 18.0 Å². The molecule has 1 aliphatic rings. The maximum Gasteiger partial charge on any atom is 0.228 e. The number of pyridine rings is 1. The molecule has 1 fully saturated rings. The second-order valence-electron chi connectivity index (χ2n) is 3.77. The highest BCUT2D eigenvalue weighted by molar-refractivity contribution is 14.1. The first-order chi connectivity index (χ1) is 7.61. The van der Waals surface area contributed by atoms with Crippen LogP contribution in [0, 0.1) is 9.49 Å². The molecule has 86 valence electrons. The van der Waals surface area contributed by atoms with Crippen LogP contribution in [0.15, 0.2) is 16.7 Å². The van der Waals surface area contributed by atoms with E-state index in [9.17, 15) is 4.79 Å². The summed E-state index contributed by atoms with van der Waals surface area (Å²) >= 11 is 5.54. The van der Waals surface area contributed by atoms with Gasteiger partial charge in [0.25, 0.3) is 0 Å².